The monoisotopic (exact) mass is 210 g/mol. The lowest BCUT2D eigenvalue weighted by molar-refractivity contribution is -0.202. The van der Waals surface area contributed by atoms with Crippen LogP contribution in [0, 0.1) is 0 Å². The Morgan fingerprint density at radius 1 is 1.40 bits per heavy atom. The molecule has 82 valence electrons. The van der Waals surface area contributed by atoms with Crippen molar-refractivity contribution in [2.75, 3.05) is 14.2 Å². The van der Waals surface area contributed by atoms with Crippen molar-refractivity contribution in [3.63, 3.8) is 0 Å². The third-order valence-corrected chi connectivity index (χ3v) is 2.32. The van der Waals surface area contributed by atoms with E-state index in [1.54, 1.807) is 12.2 Å². The van der Waals surface area contributed by atoms with Crippen LogP contribution in [-0.4, -0.2) is 30.9 Å². The lowest BCUT2D eigenvalue weighted by atomic mass is 9.94. The van der Waals surface area contributed by atoms with E-state index >= 15 is 0 Å². The van der Waals surface area contributed by atoms with Crippen molar-refractivity contribution in [2.24, 2.45) is 0 Å². The van der Waals surface area contributed by atoms with Crippen LogP contribution in [0.2, 0.25) is 0 Å². The number of rotatable bonds is 3. The van der Waals surface area contributed by atoms with Crippen LogP contribution in [0.5, 0.6) is 0 Å². The number of methoxy groups -OCH3 is 2. The summed E-state index contributed by atoms with van der Waals surface area (Å²) in [7, 11) is 2.86. The van der Waals surface area contributed by atoms with Crippen LogP contribution in [0.3, 0.4) is 0 Å². The summed E-state index contributed by atoms with van der Waals surface area (Å²) in [6, 6.07) is 0. The molecule has 1 N–H and O–H groups in total. The number of allylic oxidation sites excluding steroid dienone is 3. The summed E-state index contributed by atoms with van der Waals surface area (Å²) in [6.07, 6.45) is 7.52. The average Bonchev–Trinajstić information content (AvgIpc) is 2.28. The van der Waals surface area contributed by atoms with Gasteiger partial charge in [0, 0.05) is 20.6 Å². The van der Waals surface area contributed by atoms with Gasteiger partial charge in [-0.1, -0.05) is 12.2 Å². The minimum Gasteiger partial charge on any atom is -0.516 e. The number of aliphatic hydroxyl groups is 1. The van der Waals surface area contributed by atoms with Crippen LogP contribution in [0.1, 0.15) is 6.42 Å². The number of hydrogen-bond donors (Lipinski definition) is 1. The molecule has 0 heterocycles. The quantitative estimate of drug-likeness (QED) is 0.566. The SMILES string of the molecule is COC1(OC)CC(=CC=CO)C=CC1=O. The van der Waals surface area contributed by atoms with Gasteiger partial charge in [0.2, 0.25) is 11.6 Å². The largest absolute Gasteiger partial charge is 0.516 e. The number of ketones is 1. The highest BCUT2D eigenvalue weighted by atomic mass is 16.7. The molecule has 0 unspecified atom stereocenters. The van der Waals surface area contributed by atoms with E-state index in [0.717, 1.165) is 11.8 Å². The molecule has 0 amide bonds. The molecular weight excluding hydrogens is 196 g/mol. The Balaban J connectivity index is 2.96. The second-order valence-electron chi connectivity index (χ2n) is 3.12. The molecule has 0 bridgehead atoms. The first-order valence-electron chi connectivity index (χ1n) is 4.51. The Labute approximate surface area is 88.5 Å². The van der Waals surface area contributed by atoms with Crippen molar-refractivity contribution in [3.8, 4) is 0 Å². The number of ether oxygens (including phenoxy) is 2. The van der Waals surface area contributed by atoms with Crippen LogP contribution in [0.4, 0.5) is 0 Å². The highest BCUT2D eigenvalue weighted by Gasteiger charge is 2.39. The highest BCUT2D eigenvalue weighted by molar-refractivity contribution is 5.97. The Bertz CT molecular complexity index is 321. The van der Waals surface area contributed by atoms with Crippen molar-refractivity contribution >= 4 is 5.78 Å². The fourth-order valence-electron chi connectivity index (χ4n) is 1.43. The maximum absolute atomic E-state index is 11.6. The van der Waals surface area contributed by atoms with Crippen molar-refractivity contribution in [2.45, 2.75) is 12.2 Å². The van der Waals surface area contributed by atoms with E-state index < -0.39 is 5.79 Å². The topological polar surface area (TPSA) is 55.8 Å². The predicted octanol–water partition coefficient (Wildman–Crippen LogP) is 1.50. The van der Waals surface area contributed by atoms with Crippen LogP contribution in [-0.2, 0) is 14.3 Å². The zero-order chi connectivity index (χ0) is 11.3. The lowest BCUT2D eigenvalue weighted by Gasteiger charge is -2.30. The molecule has 15 heavy (non-hydrogen) atoms. The zero-order valence-corrected chi connectivity index (χ0v) is 8.77. The van der Waals surface area contributed by atoms with Gasteiger partial charge in [-0.15, -0.1) is 0 Å². The molecule has 0 saturated heterocycles. The molecule has 0 aromatic rings. The van der Waals surface area contributed by atoms with E-state index in [-0.39, 0.29) is 5.78 Å². The minimum atomic E-state index is -1.22. The van der Waals surface area contributed by atoms with Gasteiger partial charge in [-0.2, -0.15) is 0 Å². The molecule has 0 saturated carbocycles. The van der Waals surface area contributed by atoms with E-state index in [4.69, 9.17) is 14.6 Å². The number of carbonyl (C=O) groups excluding carboxylic acids is 1. The first-order valence-corrected chi connectivity index (χ1v) is 4.51. The maximum atomic E-state index is 11.6. The molecule has 0 fully saturated rings. The number of aliphatic hydroxyl groups excluding tert-OH is 1. The van der Waals surface area contributed by atoms with Crippen LogP contribution >= 0.6 is 0 Å². The van der Waals surface area contributed by atoms with Gasteiger partial charge in [-0.25, -0.2) is 0 Å². The second-order valence-corrected chi connectivity index (χ2v) is 3.12. The standard InChI is InChI=1S/C11H14O4/c1-14-11(15-2)8-9(4-3-7-12)5-6-10(11)13/h3-7,12H,8H2,1-2H3. The molecule has 0 aromatic carbocycles. The summed E-state index contributed by atoms with van der Waals surface area (Å²) in [6.45, 7) is 0. The summed E-state index contributed by atoms with van der Waals surface area (Å²) >= 11 is 0. The van der Waals surface area contributed by atoms with E-state index in [1.165, 1.54) is 26.4 Å². The van der Waals surface area contributed by atoms with Crippen molar-refractivity contribution in [1.82, 2.24) is 0 Å². The van der Waals surface area contributed by atoms with Crippen molar-refractivity contribution in [1.29, 1.82) is 0 Å². The molecule has 4 nitrogen and oxygen atoms in total. The van der Waals surface area contributed by atoms with E-state index in [9.17, 15) is 4.79 Å². The first kappa shape index (κ1) is 11.7. The lowest BCUT2D eigenvalue weighted by Crippen LogP contribution is -2.43. The van der Waals surface area contributed by atoms with Gasteiger partial charge in [-0.05, 0) is 17.7 Å². The zero-order valence-electron chi connectivity index (χ0n) is 8.77. The molecule has 0 radical (unpaired) electrons. The van der Waals surface area contributed by atoms with Crippen LogP contribution < -0.4 is 0 Å². The normalized spacial score (nSPS) is 22.8. The molecule has 0 aliphatic heterocycles. The third kappa shape index (κ3) is 2.34. The molecule has 4 heteroatoms. The first-order chi connectivity index (χ1) is 7.18. The summed E-state index contributed by atoms with van der Waals surface area (Å²) in [5.41, 5.74) is 0.851. The number of carbonyl (C=O) groups is 1. The van der Waals surface area contributed by atoms with Gasteiger partial charge in [-0.3, -0.25) is 4.79 Å². The Morgan fingerprint density at radius 2 is 2.07 bits per heavy atom. The fourth-order valence-corrected chi connectivity index (χ4v) is 1.43. The Morgan fingerprint density at radius 3 is 2.60 bits per heavy atom. The maximum Gasteiger partial charge on any atom is 0.236 e. The highest BCUT2D eigenvalue weighted by Crippen LogP contribution is 2.28. The van der Waals surface area contributed by atoms with E-state index in [2.05, 4.69) is 0 Å². The van der Waals surface area contributed by atoms with Gasteiger partial charge in [0.15, 0.2) is 0 Å². The van der Waals surface area contributed by atoms with Gasteiger partial charge in [0.05, 0.1) is 6.26 Å². The van der Waals surface area contributed by atoms with Crippen molar-refractivity contribution < 1.29 is 19.4 Å². The van der Waals surface area contributed by atoms with Gasteiger partial charge >= 0.3 is 0 Å². The summed E-state index contributed by atoms with van der Waals surface area (Å²) < 4.78 is 10.2. The van der Waals surface area contributed by atoms with Gasteiger partial charge in [0.25, 0.3) is 0 Å². The van der Waals surface area contributed by atoms with Crippen molar-refractivity contribution in [3.05, 3.63) is 36.1 Å². The van der Waals surface area contributed by atoms with Gasteiger partial charge < -0.3 is 14.6 Å². The Hall–Kier alpha value is -1.39. The number of hydrogen-bond acceptors (Lipinski definition) is 4. The molecule has 0 atom stereocenters. The summed E-state index contributed by atoms with van der Waals surface area (Å²) in [5, 5.41) is 8.51. The third-order valence-electron chi connectivity index (χ3n) is 2.32. The Kier molecular flexibility index (Phi) is 3.82. The summed E-state index contributed by atoms with van der Waals surface area (Å²) in [4.78, 5) is 11.6. The molecule has 1 aliphatic carbocycles. The molecule has 0 aromatic heterocycles. The van der Waals surface area contributed by atoms with Gasteiger partial charge in [0.1, 0.15) is 0 Å². The predicted molar refractivity (Wildman–Crippen MR) is 55.4 cm³/mol. The average molecular weight is 210 g/mol. The molecular formula is C11H14O4. The molecule has 1 rings (SSSR count). The van der Waals surface area contributed by atoms with E-state index in [1.807, 2.05) is 0 Å². The smallest absolute Gasteiger partial charge is 0.236 e. The van der Waals surface area contributed by atoms with E-state index in [0.29, 0.717) is 6.42 Å². The second kappa shape index (κ2) is 4.91. The summed E-state index contributed by atoms with van der Waals surface area (Å²) in [5.74, 6) is -1.43. The minimum absolute atomic E-state index is 0.211. The fraction of sp³-hybridized carbons (Fsp3) is 0.364. The van der Waals surface area contributed by atoms with Crippen LogP contribution in [0.15, 0.2) is 36.1 Å². The molecule has 0 spiro atoms. The van der Waals surface area contributed by atoms with Crippen LogP contribution in [0.25, 0.3) is 0 Å². The molecule has 1 aliphatic rings.